The summed E-state index contributed by atoms with van der Waals surface area (Å²) in [4.78, 5) is 53.8. The van der Waals surface area contributed by atoms with E-state index in [0.717, 1.165) is 0 Å². The first-order valence-corrected chi connectivity index (χ1v) is 21.9. The number of halogens is 1. The van der Waals surface area contributed by atoms with Gasteiger partial charge in [-0.3, -0.25) is 19.1 Å². The molecule has 0 bridgehead atoms. The Labute approximate surface area is 351 Å². The van der Waals surface area contributed by atoms with Crippen LogP contribution in [0.25, 0.3) is 22.0 Å². The number of aromatic nitrogens is 2. The molecule has 0 spiro atoms. The van der Waals surface area contributed by atoms with Gasteiger partial charge in [-0.05, 0) is 61.1 Å². The van der Waals surface area contributed by atoms with Gasteiger partial charge >= 0.3 is 0 Å². The van der Waals surface area contributed by atoms with Gasteiger partial charge in [-0.15, -0.1) is 17.9 Å². The highest BCUT2D eigenvalue weighted by molar-refractivity contribution is 7.91. The van der Waals surface area contributed by atoms with E-state index in [9.17, 15) is 22.8 Å². The molecule has 2 saturated carbocycles. The zero-order valence-corrected chi connectivity index (χ0v) is 35.9. The number of methoxy groups -OCH3 is 3. The Bertz CT molecular complexity index is 2420. The minimum Gasteiger partial charge on any atom is -0.497 e. The van der Waals surface area contributed by atoms with Gasteiger partial charge in [0.15, 0.2) is 5.13 Å². The van der Waals surface area contributed by atoms with Gasteiger partial charge in [0, 0.05) is 39.1 Å². The van der Waals surface area contributed by atoms with E-state index in [0.29, 0.717) is 62.3 Å². The van der Waals surface area contributed by atoms with E-state index in [1.54, 1.807) is 44.6 Å². The first-order valence-electron chi connectivity index (χ1n) is 19.1. The Hall–Kier alpha value is -5.13. The largest absolute Gasteiger partial charge is 0.497 e. The van der Waals surface area contributed by atoms with E-state index >= 15 is 0 Å². The second kappa shape index (κ2) is 16.1. The lowest BCUT2D eigenvalue weighted by molar-refractivity contribution is -0.141. The van der Waals surface area contributed by atoms with Crippen LogP contribution in [0.5, 0.6) is 23.1 Å². The Balaban J connectivity index is 1.20. The van der Waals surface area contributed by atoms with E-state index in [4.69, 9.17) is 35.5 Å². The number of thiazole rings is 1. The molecule has 1 saturated heterocycles. The maximum atomic E-state index is 15.0. The van der Waals surface area contributed by atoms with Gasteiger partial charge in [0.1, 0.15) is 41.0 Å². The van der Waals surface area contributed by atoms with Crippen LogP contribution < -0.4 is 34.3 Å². The van der Waals surface area contributed by atoms with Crippen molar-refractivity contribution < 1.29 is 41.7 Å². The molecule has 59 heavy (non-hydrogen) atoms. The van der Waals surface area contributed by atoms with Crippen molar-refractivity contribution in [2.24, 2.45) is 11.3 Å². The minimum absolute atomic E-state index is 0.0226. The molecule has 1 aliphatic heterocycles. The third-order valence-corrected chi connectivity index (χ3v) is 13.8. The normalized spacial score (nSPS) is 21.9. The predicted octanol–water partition coefficient (Wildman–Crippen LogP) is 5.58. The van der Waals surface area contributed by atoms with E-state index < -0.39 is 68.1 Å². The van der Waals surface area contributed by atoms with E-state index in [2.05, 4.69) is 26.9 Å². The van der Waals surface area contributed by atoms with Crippen molar-refractivity contribution in [3.05, 3.63) is 65.7 Å². The fourth-order valence-electron chi connectivity index (χ4n) is 7.39. The number of rotatable bonds is 15. The lowest BCUT2D eigenvalue weighted by atomic mass is 9.85. The summed E-state index contributed by atoms with van der Waals surface area (Å²) in [6.07, 6.45) is 3.39. The number of anilines is 1. The van der Waals surface area contributed by atoms with Crippen LogP contribution in [-0.4, -0.2) is 97.9 Å². The molecule has 3 amide bonds. The maximum Gasteiger partial charge on any atom is 0.259 e. The number of sulfonamides is 1. The number of hydrogen-bond donors (Lipinski definition) is 3. The third kappa shape index (κ3) is 8.50. The number of pyridine rings is 1. The molecule has 2 aromatic heterocycles. The van der Waals surface area contributed by atoms with Crippen LogP contribution in [0.4, 0.5) is 5.13 Å². The van der Waals surface area contributed by atoms with Crippen LogP contribution in [0.2, 0.25) is 5.02 Å². The first kappa shape index (κ1) is 42.0. The number of nitrogens with zero attached hydrogens (tertiary/aromatic N) is 3. The highest BCUT2D eigenvalue weighted by atomic mass is 35.5. The lowest BCUT2D eigenvalue weighted by Gasteiger charge is -2.35. The molecule has 0 radical (unpaired) electrons. The SMILES string of the molecule is C=C[C@@H]1C[C@]1(NC(=O)[C@@H]1C[C@@H](Oc2ncc(OC)c3ccc(Cl)cc23)CN1C(=O)[C@@H](Nc1nc(-c2cc(OC)ccc2OC)cs1)C(C)(C)C)C(=O)NS(=O)(=O)C1CC1. The summed E-state index contributed by atoms with van der Waals surface area (Å²) < 4.78 is 50.8. The molecule has 5 atom stereocenters. The summed E-state index contributed by atoms with van der Waals surface area (Å²) in [5, 5.41) is 9.56. The van der Waals surface area contributed by atoms with Crippen LogP contribution in [0.3, 0.4) is 0 Å². The fraction of sp³-hybridized carbons (Fsp3) is 0.439. The second-order valence-corrected chi connectivity index (χ2v) is 19.3. The number of ether oxygens (including phenoxy) is 4. The van der Waals surface area contributed by atoms with Gasteiger partial charge in [0.25, 0.3) is 5.91 Å². The Morgan fingerprint density at radius 3 is 2.44 bits per heavy atom. The maximum absolute atomic E-state index is 15.0. The molecule has 314 valence electrons. The molecule has 2 aliphatic carbocycles. The molecule has 3 heterocycles. The summed E-state index contributed by atoms with van der Waals surface area (Å²) in [5.41, 5.74) is -0.955. The minimum atomic E-state index is -3.91. The monoisotopic (exact) mass is 866 g/mol. The molecule has 0 unspecified atom stereocenters. The molecule has 7 rings (SSSR count). The standard InChI is InChI=1S/C41H47ClN6O9S2/c1-8-22-18-41(22,38(51)47-59(52,53)26-11-12-26)46-35(49)31-17-25(57-36-28-15-23(42)9-13-27(28)33(56-7)19-43-36)20-48(31)37(50)34(40(2,3)4)45-39-44-30(21-58-39)29-16-24(54-5)10-14-32(29)55-6/h8-10,13-16,19,21-22,25-26,31,34H,1,11-12,17-18,20H2,2-7H3,(H,44,45)(H,46,49)(H,47,51)/t22-,25-,31+,34-,41-/m1/s1. The molecule has 2 aromatic carbocycles. The van der Waals surface area contributed by atoms with Crippen molar-refractivity contribution in [1.29, 1.82) is 0 Å². The van der Waals surface area contributed by atoms with Crippen LogP contribution in [0.15, 0.2) is 60.6 Å². The molecule has 18 heteroatoms. The van der Waals surface area contributed by atoms with Gasteiger partial charge in [-0.2, -0.15) is 0 Å². The molecular formula is C41H47ClN6O9S2. The summed E-state index contributed by atoms with van der Waals surface area (Å²) in [7, 11) is 0.758. The topological polar surface area (TPSA) is 187 Å². The Morgan fingerprint density at radius 1 is 1.05 bits per heavy atom. The van der Waals surface area contributed by atoms with Crippen molar-refractivity contribution in [3.8, 4) is 34.4 Å². The predicted molar refractivity (Wildman–Crippen MR) is 225 cm³/mol. The zero-order valence-electron chi connectivity index (χ0n) is 33.5. The van der Waals surface area contributed by atoms with Crippen LogP contribution in [0, 0.1) is 11.3 Å². The van der Waals surface area contributed by atoms with Gasteiger partial charge in [0.2, 0.25) is 27.7 Å². The highest BCUT2D eigenvalue weighted by Crippen LogP contribution is 2.46. The molecule has 3 fully saturated rings. The molecule has 3 N–H and O–H groups in total. The summed E-state index contributed by atoms with van der Waals surface area (Å²) >= 11 is 7.69. The Kier molecular flexibility index (Phi) is 11.5. The van der Waals surface area contributed by atoms with Crippen molar-refractivity contribution >= 4 is 66.6 Å². The number of amides is 3. The number of likely N-dealkylation sites (tertiary alicyclic amines) is 1. The van der Waals surface area contributed by atoms with Crippen LogP contribution >= 0.6 is 22.9 Å². The van der Waals surface area contributed by atoms with Crippen LogP contribution in [-0.2, 0) is 24.4 Å². The number of benzene rings is 2. The number of carbonyl (C=O) groups excluding carboxylic acids is 3. The number of nitrogens with one attached hydrogen (secondary N) is 3. The van der Waals surface area contributed by atoms with Crippen LogP contribution in [0.1, 0.15) is 46.5 Å². The van der Waals surface area contributed by atoms with Gasteiger partial charge < -0.3 is 34.5 Å². The molecule has 3 aliphatic rings. The molecule has 4 aromatic rings. The van der Waals surface area contributed by atoms with Gasteiger partial charge in [-0.1, -0.05) is 38.4 Å². The van der Waals surface area contributed by atoms with E-state index in [-0.39, 0.29) is 25.3 Å². The second-order valence-electron chi connectivity index (χ2n) is 16.0. The Morgan fingerprint density at radius 2 is 1.80 bits per heavy atom. The van der Waals surface area contributed by atoms with Crippen molar-refractivity contribution in [1.82, 2.24) is 24.9 Å². The summed E-state index contributed by atoms with van der Waals surface area (Å²) in [5.74, 6) is -0.466. The number of carbonyl (C=O) groups is 3. The zero-order chi connectivity index (χ0) is 42.4. The molecule has 15 nitrogen and oxygen atoms in total. The van der Waals surface area contributed by atoms with Crippen molar-refractivity contribution in [2.45, 2.75) is 75.4 Å². The highest BCUT2D eigenvalue weighted by Gasteiger charge is 2.62. The number of fused-ring (bicyclic) bond motifs is 1. The van der Waals surface area contributed by atoms with E-state index in [1.807, 2.05) is 32.2 Å². The lowest BCUT2D eigenvalue weighted by Crippen LogP contribution is -2.58. The number of hydrogen-bond acceptors (Lipinski definition) is 13. The third-order valence-electron chi connectivity index (χ3n) is 10.9. The summed E-state index contributed by atoms with van der Waals surface area (Å²) in [6, 6.07) is 8.58. The smallest absolute Gasteiger partial charge is 0.259 e. The average Bonchev–Trinajstić information content (AvgIpc) is 4.10. The van der Waals surface area contributed by atoms with E-state index in [1.165, 1.54) is 35.6 Å². The van der Waals surface area contributed by atoms with Crippen molar-refractivity contribution in [3.63, 3.8) is 0 Å². The molecular weight excluding hydrogens is 820 g/mol. The van der Waals surface area contributed by atoms with Crippen molar-refractivity contribution in [2.75, 3.05) is 33.2 Å². The quantitative estimate of drug-likeness (QED) is 0.126. The summed E-state index contributed by atoms with van der Waals surface area (Å²) in [6.45, 7) is 9.48. The first-order chi connectivity index (χ1) is 28.0. The fourth-order valence-corrected chi connectivity index (χ4v) is 9.66. The van der Waals surface area contributed by atoms with Gasteiger partial charge in [-0.25, -0.2) is 18.4 Å². The average molecular weight is 867 g/mol. The van der Waals surface area contributed by atoms with Gasteiger partial charge in [0.05, 0.1) is 45.0 Å².